The number of aliphatic hydroxyl groups is 1. The Bertz CT molecular complexity index is 334. The highest BCUT2D eigenvalue weighted by Gasteiger charge is 2.22. The Balaban J connectivity index is 2.18. The summed E-state index contributed by atoms with van der Waals surface area (Å²) >= 11 is 0. The van der Waals surface area contributed by atoms with E-state index in [4.69, 9.17) is 5.11 Å². The molecule has 0 spiro atoms. The molecule has 0 saturated heterocycles. The fourth-order valence-corrected chi connectivity index (χ4v) is 2.54. The van der Waals surface area contributed by atoms with Crippen molar-refractivity contribution in [3.05, 3.63) is 23.9 Å². The molecular weight excluding hydrogens is 200 g/mol. The number of hydrogen-bond acceptors (Lipinski definition) is 3. The van der Waals surface area contributed by atoms with E-state index in [0.717, 1.165) is 18.1 Å². The zero-order valence-corrected chi connectivity index (χ0v) is 9.89. The van der Waals surface area contributed by atoms with E-state index in [0.29, 0.717) is 6.04 Å². The van der Waals surface area contributed by atoms with E-state index in [1.165, 1.54) is 25.7 Å². The molecule has 0 bridgehead atoms. The molecule has 1 aromatic rings. The molecule has 16 heavy (non-hydrogen) atoms. The molecule has 0 amide bonds. The Hall–Kier alpha value is -1.09. The molecule has 2 rings (SSSR count). The molecule has 1 fully saturated rings. The molecule has 1 heterocycles. The number of hydrogen-bond donors (Lipinski definition) is 1. The first-order valence-electron chi connectivity index (χ1n) is 6.18. The molecule has 0 aliphatic heterocycles. The van der Waals surface area contributed by atoms with Crippen LogP contribution in [-0.2, 0) is 6.61 Å². The van der Waals surface area contributed by atoms with Crippen LogP contribution in [0.3, 0.4) is 0 Å². The van der Waals surface area contributed by atoms with Crippen LogP contribution in [0.5, 0.6) is 0 Å². The van der Waals surface area contributed by atoms with E-state index < -0.39 is 0 Å². The van der Waals surface area contributed by atoms with Gasteiger partial charge in [-0.15, -0.1) is 0 Å². The van der Waals surface area contributed by atoms with Gasteiger partial charge in [-0.05, 0) is 31.9 Å². The zero-order valence-electron chi connectivity index (χ0n) is 9.89. The Morgan fingerprint density at radius 2 is 2.12 bits per heavy atom. The molecule has 1 aliphatic carbocycles. The first-order chi connectivity index (χ1) is 7.85. The van der Waals surface area contributed by atoms with Crippen molar-refractivity contribution in [2.75, 3.05) is 11.4 Å². The minimum absolute atomic E-state index is 0.0239. The summed E-state index contributed by atoms with van der Waals surface area (Å²) in [6.07, 6.45) is 5.22. The second-order valence-corrected chi connectivity index (χ2v) is 4.37. The third kappa shape index (κ3) is 2.35. The van der Waals surface area contributed by atoms with Gasteiger partial charge in [0.15, 0.2) is 0 Å². The van der Waals surface area contributed by atoms with Gasteiger partial charge >= 0.3 is 0 Å². The Labute approximate surface area is 97.1 Å². The largest absolute Gasteiger partial charge is 0.390 e. The van der Waals surface area contributed by atoms with Gasteiger partial charge in [-0.25, -0.2) is 4.98 Å². The average Bonchev–Trinajstić information content (AvgIpc) is 2.84. The number of nitrogens with zero attached hydrogens (tertiary/aromatic N) is 2. The predicted molar refractivity (Wildman–Crippen MR) is 65.4 cm³/mol. The molecule has 0 radical (unpaired) electrons. The normalized spacial score (nSPS) is 16.6. The summed E-state index contributed by atoms with van der Waals surface area (Å²) in [4.78, 5) is 6.85. The van der Waals surface area contributed by atoms with Crippen molar-refractivity contribution in [1.29, 1.82) is 0 Å². The predicted octanol–water partition coefficient (Wildman–Crippen LogP) is 2.34. The zero-order chi connectivity index (χ0) is 11.4. The fraction of sp³-hybridized carbons (Fsp3) is 0.615. The monoisotopic (exact) mass is 220 g/mol. The van der Waals surface area contributed by atoms with E-state index in [2.05, 4.69) is 16.8 Å². The minimum atomic E-state index is 0.0239. The average molecular weight is 220 g/mol. The highest BCUT2D eigenvalue weighted by Crippen LogP contribution is 2.26. The fourth-order valence-electron chi connectivity index (χ4n) is 2.54. The summed E-state index contributed by atoms with van der Waals surface area (Å²) in [5.74, 6) is 1.01. The lowest BCUT2D eigenvalue weighted by Gasteiger charge is -2.29. The van der Waals surface area contributed by atoms with Gasteiger partial charge in [0.2, 0.25) is 0 Å². The number of pyridine rings is 1. The molecule has 0 aromatic carbocycles. The standard InChI is InChI=1S/C13H20N2O/c1-2-15(12-7-3-4-8-12)13-9-5-6-11(10-16)14-13/h5-6,9,12,16H,2-4,7-8,10H2,1H3. The maximum atomic E-state index is 9.10. The van der Waals surface area contributed by atoms with E-state index in [1.54, 1.807) is 0 Å². The topological polar surface area (TPSA) is 36.4 Å². The summed E-state index contributed by atoms with van der Waals surface area (Å²) in [7, 11) is 0. The third-order valence-corrected chi connectivity index (χ3v) is 3.35. The molecule has 3 heteroatoms. The lowest BCUT2D eigenvalue weighted by molar-refractivity contribution is 0.277. The molecular formula is C13H20N2O. The van der Waals surface area contributed by atoms with E-state index in [9.17, 15) is 0 Å². The van der Waals surface area contributed by atoms with Crippen LogP contribution in [0.4, 0.5) is 5.82 Å². The molecule has 0 atom stereocenters. The maximum Gasteiger partial charge on any atom is 0.129 e. The lowest BCUT2D eigenvalue weighted by atomic mass is 10.2. The summed E-state index contributed by atoms with van der Waals surface area (Å²) in [5, 5.41) is 9.10. The first kappa shape index (κ1) is 11.4. The van der Waals surface area contributed by atoms with Crippen LogP contribution in [-0.4, -0.2) is 22.7 Å². The number of aliphatic hydroxyl groups excluding tert-OH is 1. The molecule has 1 aromatic heterocycles. The van der Waals surface area contributed by atoms with Gasteiger partial charge in [-0.1, -0.05) is 18.9 Å². The Kier molecular flexibility index (Phi) is 3.78. The van der Waals surface area contributed by atoms with Crippen molar-refractivity contribution in [3.63, 3.8) is 0 Å². The molecule has 88 valence electrons. The van der Waals surface area contributed by atoms with Gasteiger partial charge in [0.1, 0.15) is 5.82 Å². The lowest BCUT2D eigenvalue weighted by Crippen LogP contribution is -2.33. The number of aromatic nitrogens is 1. The van der Waals surface area contributed by atoms with Gasteiger partial charge in [0.05, 0.1) is 12.3 Å². The van der Waals surface area contributed by atoms with Crippen molar-refractivity contribution < 1.29 is 5.11 Å². The van der Waals surface area contributed by atoms with Crippen LogP contribution >= 0.6 is 0 Å². The van der Waals surface area contributed by atoms with Crippen molar-refractivity contribution in [1.82, 2.24) is 4.98 Å². The highest BCUT2D eigenvalue weighted by molar-refractivity contribution is 5.40. The van der Waals surface area contributed by atoms with Crippen LogP contribution in [0.1, 0.15) is 38.3 Å². The van der Waals surface area contributed by atoms with E-state index >= 15 is 0 Å². The van der Waals surface area contributed by atoms with Crippen molar-refractivity contribution >= 4 is 5.82 Å². The van der Waals surface area contributed by atoms with E-state index in [-0.39, 0.29) is 6.61 Å². The second-order valence-electron chi connectivity index (χ2n) is 4.37. The van der Waals surface area contributed by atoms with Gasteiger partial charge in [0, 0.05) is 12.6 Å². The van der Waals surface area contributed by atoms with E-state index in [1.807, 2.05) is 18.2 Å². The molecule has 1 N–H and O–H groups in total. The minimum Gasteiger partial charge on any atom is -0.390 e. The smallest absolute Gasteiger partial charge is 0.129 e. The van der Waals surface area contributed by atoms with Crippen LogP contribution < -0.4 is 4.90 Å². The van der Waals surface area contributed by atoms with Gasteiger partial charge in [-0.2, -0.15) is 0 Å². The van der Waals surface area contributed by atoms with Crippen molar-refractivity contribution in [2.24, 2.45) is 0 Å². The third-order valence-electron chi connectivity index (χ3n) is 3.35. The quantitative estimate of drug-likeness (QED) is 0.846. The maximum absolute atomic E-state index is 9.10. The summed E-state index contributed by atoms with van der Waals surface area (Å²) in [6, 6.07) is 6.53. The molecule has 1 saturated carbocycles. The summed E-state index contributed by atoms with van der Waals surface area (Å²) < 4.78 is 0. The molecule has 3 nitrogen and oxygen atoms in total. The SMILES string of the molecule is CCN(c1cccc(CO)n1)C1CCCC1. The van der Waals surface area contributed by atoms with Crippen LogP contribution in [0.25, 0.3) is 0 Å². The number of rotatable bonds is 4. The van der Waals surface area contributed by atoms with Crippen LogP contribution in [0.2, 0.25) is 0 Å². The second kappa shape index (κ2) is 5.30. The Morgan fingerprint density at radius 3 is 2.75 bits per heavy atom. The van der Waals surface area contributed by atoms with Gasteiger partial charge < -0.3 is 10.0 Å². The van der Waals surface area contributed by atoms with Crippen molar-refractivity contribution in [3.8, 4) is 0 Å². The summed E-state index contributed by atoms with van der Waals surface area (Å²) in [6.45, 7) is 3.19. The van der Waals surface area contributed by atoms with Crippen molar-refractivity contribution in [2.45, 2.75) is 45.3 Å². The molecule has 0 unspecified atom stereocenters. The van der Waals surface area contributed by atoms with Gasteiger partial charge in [-0.3, -0.25) is 0 Å². The van der Waals surface area contributed by atoms with Crippen LogP contribution in [0.15, 0.2) is 18.2 Å². The van der Waals surface area contributed by atoms with Gasteiger partial charge in [0.25, 0.3) is 0 Å². The number of anilines is 1. The Morgan fingerprint density at radius 1 is 1.38 bits per heavy atom. The first-order valence-corrected chi connectivity index (χ1v) is 6.18. The highest BCUT2D eigenvalue weighted by atomic mass is 16.3. The molecule has 1 aliphatic rings. The van der Waals surface area contributed by atoms with Crippen LogP contribution in [0, 0.1) is 0 Å². The summed E-state index contributed by atoms with van der Waals surface area (Å²) in [5.41, 5.74) is 0.758.